The maximum atomic E-state index is 13.5. The molecule has 1 spiro atoms. The van der Waals surface area contributed by atoms with Gasteiger partial charge in [0.2, 0.25) is 5.91 Å². The number of ether oxygens (including phenoxy) is 5. The average molecular weight is 716 g/mol. The maximum Gasteiger partial charge on any atom is 0.422 e. The van der Waals surface area contributed by atoms with Crippen LogP contribution >= 0.6 is 0 Å². The molecule has 1 heterocycles. The highest BCUT2D eigenvalue weighted by Crippen LogP contribution is 2.45. The van der Waals surface area contributed by atoms with Crippen molar-refractivity contribution in [2.45, 2.75) is 94.8 Å². The lowest BCUT2D eigenvalue weighted by atomic mass is 9.91. The Morgan fingerprint density at radius 3 is 2.29 bits per heavy atom. The first-order valence-electron chi connectivity index (χ1n) is 16.5. The van der Waals surface area contributed by atoms with E-state index in [0.717, 1.165) is 17.2 Å². The van der Waals surface area contributed by atoms with Crippen LogP contribution in [0.2, 0.25) is 0 Å². The molecule has 0 aromatic heterocycles. The minimum absolute atomic E-state index is 0.0243. The molecule has 2 aromatic carbocycles. The molecule has 11 nitrogen and oxygen atoms in total. The summed E-state index contributed by atoms with van der Waals surface area (Å²) in [6.45, 7) is 3.10. The summed E-state index contributed by atoms with van der Waals surface area (Å²) >= 11 is 0. The molecule has 2 aliphatic carbocycles. The highest BCUT2D eigenvalue weighted by molar-refractivity contribution is 5.94. The number of hydrogen-bond donors (Lipinski definition) is 2. The van der Waals surface area contributed by atoms with E-state index >= 15 is 0 Å². The molecule has 2 N–H and O–H groups in total. The minimum atomic E-state index is -4.65. The second kappa shape index (κ2) is 15.4. The number of hydrogen-bond acceptors (Lipinski definition) is 10. The van der Waals surface area contributed by atoms with E-state index in [4.69, 9.17) is 18.9 Å². The van der Waals surface area contributed by atoms with E-state index in [1.807, 2.05) is 24.3 Å². The second-order valence-electron chi connectivity index (χ2n) is 13.7. The Bertz CT molecular complexity index is 1650. The van der Waals surface area contributed by atoms with Crippen LogP contribution in [0.3, 0.4) is 0 Å². The Kier molecular flexibility index (Phi) is 11.4. The van der Waals surface area contributed by atoms with Crippen LogP contribution in [0, 0.1) is 0 Å². The third-order valence-corrected chi connectivity index (χ3v) is 8.38. The summed E-state index contributed by atoms with van der Waals surface area (Å²) in [4.78, 5) is 50.7. The van der Waals surface area contributed by atoms with Crippen molar-refractivity contribution in [3.63, 3.8) is 0 Å². The van der Waals surface area contributed by atoms with Gasteiger partial charge in [0.15, 0.2) is 12.4 Å². The van der Waals surface area contributed by atoms with Crippen LogP contribution in [0.5, 0.6) is 0 Å². The number of benzene rings is 2. The largest absolute Gasteiger partial charge is 0.460 e. The topological polar surface area (TPSA) is 147 Å². The minimum Gasteiger partial charge on any atom is -0.460 e. The number of carbonyl (C=O) groups is 4. The van der Waals surface area contributed by atoms with Gasteiger partial charge in [-0.15, -0.1) is 0 Å². The lowest BCUT2D eigenvalue weighted by Gasteiger charge is -2.31. The van der Waals surface area contributed by atoms with Gasteiger partial charge >= 0.3 is 24.1 Å². The fourth-order valence-corrected chi connectivity index (χ4v) is 6.14. The highest BCUT2D eigenvalue weighted by atomic mass is 19.4. The summed E-state index contributed by atoms with van der Waals surface area (Å²) in [5.41, 5.74) is 2.24. The molecule has 274 valence electrons. The monoisotopic (exact) mass is 715 g/mol. The lowest BCUT2D eigenvalue weighted by Crippen LogP contribution is -2.45. The zero-order valence-corrected chi connectivity index (χ0v) is 28.4. The summed E-state index contributed by atoms with van der Waals surface area (Å²) < 4.78 is 65.2. The van der Waals surface area contributed by atoms with Gasteiger partial charge in [0.05, 0.1) is 18.2 Å². The third-order valence-electron chi connectivity index (χ3n) is 8.38. The fraction of sp³-hybridized carbons (Fsp3) is 0.459. The number of esters is 3. The van der Waals surface area contributed by atoms with Crippen LogP contribution in [-0.2, 0) is 50.9 Å². The number of alkyl halides is 3. The van der Waals surface area contributed by atoms with Gasteiger partial charge in [0, 0.05) is 37.3 Å². The fourth-order valence-electron chi connectivity index (χ4n) is 6.14. The molecule has 0 radical (unpaired) electrons. The molecule has 14 heteroatoms. The van der Waals surface area contributed by atoms with Gasteiger partial charge in [0.25, 0.3) is 0 Å². The standard InChI is InChI=1S/C37H40F3NO10/c1-35(2,3)50-31(44)15-13-27(20-42)41-33(45)26-16-28(32-29(17-26)49-36(51-32)18-24-6-4-5-7-25(24)19-36)48-34(46)23-11-8-22(9-12-23)10-14-30(43)47-21-37(38,39)40/h4-12,14,17,27-29,32,42H,13,15-16,18-21H2,1-3H3,(H,41,45). The van der Waals surface area contributed by atoms with Gasteiger partial charge in [-0.3, -0.25) is 9.59 Å². The molecule has 1 fully saturated rings. The van der Waals surface area contributed by atoms with Crippen molar-refractivity contribution in [1.82, 2.24) is 5.32 Å². The van der Waals surface area contributed by atoms with Crippen LogP contribution in [0.1, 0.15) is 67.1 Å². The number of nitrogens with one attached hydrogen (secondary N) is 1. The first-order valence-corrected chi connectivity index (χ1v) is 16.5. The van der Waals surface area contributed by atoms with Crippen molar-refractivity contribution in [2.75, 3.05) is 13.2 Å². The van der Waals surface area contributed by atoms with Gasteiger partial charge in [-0.25, -0.2) is 9.59 Å². The molecular weight excluding hydrogens is 675 g/mol. The van der Waals surface area contributed by atoms with Crippen LogP contribution in [0.4, 0.5) is 13.2 Å². The molecule has 0 bridgehead atoms. The van der Waals surface area contributed by atoms with Crippen molar-refractivity contribution in [3.8, 4) is 0 Å². The molecule has 1 saturated heterocycles. The number of carbonyl (C=O) groups excluding carboxylic acids is 4. The SMILES string of the molecule is CC(C)(C)OC(=O)CCC(CO)NC(=O)C1=CC2OC3(Cc4ccccc4C3)OC2C(OC(=O)c2ccc(C=CC(=O)OCC(F)(F)F)cc2)C1. The van der Waals surface area contributed by atoms with E-state index in [2.05, 4.69) is 10.1 Å². The van der Waals surface area contributed by atoms with Crippen molar-refractivity contribution < 1.29 is 61.1 Å². The van der Waals surface area contributed by atoms with E-state index in [-0.39, 0.29) is 30.4 Å². The third kappa shape index (κ3) is 10.3. The van der Waals surface area contributed by atoms with E-state index in [0.29, 0.717) is 18.4 Å². The molecule has 1 amide bonds. The first-order chi connectivity index (χ1) is 24.0. The van der Waals surface area contributed by atoms with Gasteiger partial charge in [-0.1, -0.05) is 36.4 Å². The molecular formula is C37H40F3NO10. The Balaban J connectivity index is 1.28. The van der Waals surface area contributed by atoms with Crippen molar-refractivity contribution >= 4 is 29.9 Å². The van der Waals surface area contributed by atoms with Crippen LogP contribution in [0.25, 0.3) is 6.08 Å². The number of aliphatic hydroxyl groups excluding tert-OH is 1. The summed E-state index contributed by atoms with van der Waals surface area (Å²) in [6.07, 6.45) is -2.36. The Labute approximate surface area is 292 Å². The van der Waals surface area contributed by atoms with Crippen LogP contribution in [0.15, 0.2) is 66.3 Å². The molecule has 3 aliphatic rings. The van der Waals surface area contributed by atoms with Crippen molar-refractivity contribution in [1.29, 1.82) is 0 Å². The van der Waals surface area contributed by atoms with Gasteiger partial charge in [-0.05, 0) is 68.2 Å². The molecule has 51 heavy (non-hydrogen) atoms. The van der Waals surface area contributed by atoms with E-state index < -0.39 is 78.9 Å². The van der Waals surface area contributed by atoms with E-state index in [1.165, 1.54) is 30.3 Å². The predicted octanol–water partition coefficient (Wildman–Crippen LogP) is 4.54. The zero-order chi connectivity index (χ0) is 37.0. The van der Waals surface area contributed by atoms with E-state index in [9.17, 15) is 37.5 Å². The van der Waals surface area contributed by atoms with Gasteiger partial charge < -0.3 is 34.1 Å². The number of halogens is 3. The predicted molar refractivity (Wildman–Crippen MR) is 175 cm³/mol. The van der Waals surface area contributed by atoms with Crippen molar-refractivity contribution in [3.05, 3.63) is 88.5 Å². The van der Waals surface area contributed by atoms with Crippen LogP contribution in [-0.4, -0.2) is 84.1 Å². The van der Waals surface area contributed by atoms with Gasteiger partial charge in [-0.2, -0.15) is 13.2 Å². The van der Waals surface area contributed by atoms with Crippen LogP contribution < -0.4 is 5.32 Å². The summed E-state index contributed by atoms with van der Waals surface area (Å²) in [5.74, 6) is -3.92. The maximum absolute atomic E-state index is 13.5. The zero-order valence-electron chi connectivity index (χ0n) is 28.4. The molecule has 1 aliphatic heterocycles. The Morgan fingerprint density at radius 1 is 1.02 bits per heavy atom. The smallest absolute Gasteiger partial charge is 0.422 e. The molecule has 4 unspecified atom stereocenters. The summed E-state index contributed by atoms with van der Waals surface area (Å²) in [5, 5.41) is 12.7. The number of amides is 1. The van der Waals surface area contributed by atoms with E-state index in [1.54, 1.807) is 26.8 Å². The summed E-state index contributed by atoms with van der Waals surface area (Å²) in [6, 6.07) is 12.9. The number of fused-ring (bicyclic) bond motifs is 2. The highest BCUT2D eigenvalue weighted by Gasteiger charge is 2.55. The molecule has 0 saturated carbocycles. The molecule has 4 atom stereocenters. The average Bonchev–Trinajstić information content (AvgIpc) is 3.61. The Hall–Kier alpha value is -4.53. The van der Waals surface area contributed by atoms with Gasteiger partial charge in [0.1, 0.15) is 23.9 Å². The Morgan fingerprint density at radius 2 is 1.69 bits per heavy atom. The second-order valence-corrected chi connectivity index (χ2v) is 13.7. The normalized spacial score (nSPS) is 21.4. The molecule has 5 rings (SSSR count). The number of rotatable bonds is 11. The number of aliphatic hydroxyl groups is 1. The first kappa shape index (κ1) is 37.7. The van der Waals surface area contributed by atoms with Crippen molar-refractivity contribution in [2.24, 2.45) is 0 Å². The molecule has 2 aromatic rings. The quantitative estimate of drug-likeness (QED) is 0.193. The lowest BCUT2D eigenvalue weighted by molar-refractivity contribution is -0.182. The summed E-state index contributed by atoms with van der Waals surface area (Å²) in [7, 11) is 0.